The van der Waals surface area contributed by atoms with Gasteiger partial charge in [-0.2, -0.15) is 4.31 Å². The maximum absolute atomic E-state index is 12.8. The Morgan fingerprint density at radius 3 is 2.70 bits per heavy atom. The smallest absolute Gasteiger partial charge is 0.262 e. The summed E-state index contributed by atoms with van der Waals surface area (Å²) in [5.41, 5.74) is 7.20. The second kappa shape index (κ2) is 5.57. The van der Waals surface area contributed by atoms with Crippen molar-refractivity contribution in [1.82, 2.24) is 23.8 Å². The Hall–Kier alpha value is -2.00. The van der Waals surface area contributed by atoms with E-state index >= 15 is 0 Å². The molecule has 1 aliphatic rings. The summed E-state index contributed by atoms with van der Waals surface area (Å²) >= 11 is 0. The lowest BCUT2D eigenvalue weighted by molar-refractivity contribution is 0.383. The molecule has 23 heavy (non-hydrogen) atoms. The lowest BCUT2D eigenvalue weighted by Crippen LogP contribution is -2.36. The van der Waals surface area contributed by atoms with Gasteiger partial charge in [-0.15, -0.1) is 0 Å². The number of aryl methyl sites for hydroxylation is 1. The zero-order valence-corrected chi connectivity index (χ0v) is 14.2. The summed E-state index contributed by atoms with van der Waals surface area (Å²) in [7, 11) is -1.85. The Bertz CT molecular complexity index is 843. The highest BCUT2D eigenvalue weighted by atomic mass is 32.2. The molecule has 0 unspecified atom stereocenters. The number of nitrogen functional groups attached to an aromatic ring is 1. The molecule has 2 aromatic rings. The first-order chi connectivity index (χ1) is 10.8. The Kier molecular flexibility index (Phi) is 3.85. The third-order valence-corrected chi connectivity index (χ3v) is 5.66. The molecule has 0 amide bonds. The molecule has 0 atom stereocenters. The molecule has 0 saturated carbocycles. The maximum atomic E-state index is 12.8. The summed E-state index contributed by atoms with van der Waals surface area (Å²) in [6.07, 6.45) is 3.80. The molecule has 0 radical (unpaired) electrons. The fraction of sp³-hybridized carbons (Fsp3) is 0.500. The molecular weight excluding hydrogens is 316 g/mol. The van der Waals surface area contributed by atoms with E-state index in [1.54, 1.807) is 24.0 Å². The van der Waals surface area contributed by atoms with Crippen LogP contribution in [0.25, 0.3) is 0 Å². The molecule has 8 nitrogen and oxygen atoms in total. The largest absolute Gasteiger partial charge is 0.368 e. The van der Waals surface area contributed by atoms with Crippen LogP contribution in [-0.4, -0.2) is 38.8 Å². The average molecular weight is 336 g/mol. The Balaban J connectivity index is 1.93. The van der Waals surface area contributed by atoms with Crippen molar-refractivity contribution in [1.29, 1.82) is 0 Å². The van der Waals surface area contributed by atoms with Crippen molar-refractivity contribution in [3.63, 3.8) is 0 Å². The number of hydrogen-bond donors (Lipinski definition) is 1. The van der Waals surface area contributed by atoms with Gasteiger partial charge in [0, 0.05) is 31.9 Å². The molecule has 3 rings (SSSR count). The van der Waals surface area contributed by atoms with E-state index in [0.717, 1.165) is 11.4 Å². The standard InChI is InChI=1S/C14H20N6O2S/c1-9(2)13-18-12(8-19(13)3)23(21,22)20-5-4-10-6-16-14(15)17-11(10)7-20/h6,8-9H,4-5,7H2,1-3H3,(H2,15,16,17). The summed E-state index contributed by atoms with van der Waals surface area (Å²) in [5, 5.41) is 0.0779. The minimum Gasteiger partial charge on any atom is -0.368 e. The first kappa shape index (κ1) is 15.9. The minimum atomic E-state index is -3.65. The van der Waals surface area contributed by atoms with Gasteiger partial charge < -0.3 is 10.3 Å². The quantitative estimate of drug-likeness (QED) is 0.882. The minimum absolute atomic E-state index is 0.0779. The van der Waals surface area contributed by atoms with Crippen LogP contribution in [0.2, 0.25) is 0 Å². The van der Waals surface area contributed by atoms with Gasteiger partial charge in [0.2, 0.25) is 5.95 Å². The van der Waals surface area contributed by atoms with Gasteiger partial charge in [0.15, 0.2) is 5.03 Å². The Morgan fingerprint density at radius 1 is 1.30 bits per heavy atom. The van der Waals surface area contributed by atoms with Gasteiger partial charge in [-0.05, 0) is 12.0 Å². The van der Waals surface area contributed by atoms with Crippen LogP contribution < -0.4 is 5.73 Å². The van der Waals surface area contributed by atoms with E-state index in [0.29, 0.717) is 18.7 Å². The molecule has 0 aliphatic carbocycles. The van der Waals surface area contributed by atoms with Crippen molar-refractivity contribution in [3.05, 3.63) is 29.5 Å². The molecule has 3 heterocycles. The van der Waals surface area contributed by atoms with Crippen LogP contribution in [-0.2, 0) is 30.0 Å². The zero-order valence-electron chi connectivity index (χ0n) is 13.4. The van der Waals surface area contributed by atoms with Gasteiger partial charge in [-0.1, -0.05) is 13.8 Å². The highest BCUT2D eigenvalue weighted by Gasteiger charge is 2.31. The lowest BCUT2D eigenvalue weighted by atomic mass is 10.1. The summed E-state index contributed by atoms with van der Waals surface area (Å²) in [6.45, 7) is 4.54. The van der Waals surface area contributed by atoms with Gasteiger partial charge in [0.05, 0.1) is 12.2 Å². The third kappa shape index (κ3) is 2.81. The van der Waals surface area contributed by atoms with Crippen LogP contribution in [0, 0.1) is 0 Å². The van der Waals surface area contributed by atoms with Crippen LogP contribution in [0.3, 0.4) is 0 Å². The summed E-state index contributed by atoms with van der Waals surface area (Å²) in [4.78, 5) is 12.4. The van der Waals surface area contributed by atoms with Crippen LogP contribution in [0.15, 0.2) is 17.4 Å². The number of anilines is 1. The fourth-order valence-electron chi connectivity index (χ4n) is 2.75. The molecule has 2 aromatic heterocycles. The number of fused-ring (bicyclic) bond motifs is 1. The Labute approximate surface area is 135 Å². The highest BCUT2D eigenvalue weighted by molar-refractivity contribution is 7.89. The monoisotopic (exact) mass is 336 g/mol. The van der Waals surface area contributed by atoms with E-state index in [1.807, 2.05) is 13.8 Å². The zero-order chi connectivity index (χ0) is 16.8. The van der Waals surface area contributed by atoms with Crippen molar-refractivity contribution in [2.75, 3.05) is 12.3 Å². The number of nitrogens with two attached hydrogens (primary N) is 1. The number of sulfonamides is 1. The van der Waals surface area contributed by atoms with Crippen LogP contribution >= 0.6 is 0 Å². The average Bonchev–Trinajstić information content (AvgIpc) is 2.89. The third-order valence-electron chi connectivity index (χ3n) is 3.94. The summed E-state index contributed by atoms with van der Waals surface area (Å²) in [5.74, 6) is 1.05. The molecule has 0 bridgehead atoms. The van der Waals surface area contributed by atoms with Gasteiger partial charge >= 0.3 is 0 Å². The summed E-state index contributed by atoms with van der Waals surface area (Å²) in [6, 6.07) is 0. The maximum Gasteiger partial charge on any atom is 0.262 e. The van der Waals surface area contributed by atoms with E-state index in [4.69, 9.17) is 5.73 Å². The molecule has 0 aromatic carbocycles. The number of aromatic nitrogens is 4. The Morgan fingerprint density at radius 2 is 2.04 bits per heavy atom. The number of imidazole rings is 1. The number of nitrogens with zero attached hydrogens (tertiary/aromatic N) is 5. The van der Waals surface area contributed by atoms with E-state index in [2.05, 4.69) is 15.0 Å². The van der Waals surface area contributed by atoms with Crippen LogP contribution in [0.4, 0.5) is 5.95 Å². The van der Waals surface area contributed by atoms with Crippen LogP contribution in [0.5, 0.6) is 0 Å². The van der Waals surface area contributed by atoms with Gasteiger partial charge in [-0.3, -0.25) is 0 Å². The predicted molar refractivity (Wildman–Crippen MR) is 85.0 cm³/mol. The van der Waals surface area contributed by atoms with Crippen molar-refractivity contribution < 1.29 is 8.42 Å². The molecule has 0 saturated heterocycles. The van der Waals surface area contributed by atoms with E-state index in [-0.39, 0.29) is 23.4 Å². The molecule has 0 spiro atoms. The normalized spacial score (nSPS) is 15.8. The number of hydrogen-bond acceptors (Lipinski definition) is 6. The van der Waals surface area contributed by atoms with Gasteiger partial charge in [-0.25, -0.2) is 23.4 Å². The second-order valence-electron chi connectivity index (χ2n) is 5.99. The SMILES string of the molecule is CC(C)c1nc(S(=O)(=O)N2CCc3cnc(N)nc3C2)cn1C. The molecule has 124 valence electrons. The number of rotatable bonds is 3. The summed E-state index contributed by atoms with van der Waals surface area (Å²) < 4.78 is 28.8. The highest BCUT2D eigenvalue weighted by Crippen LogP contribution is 2.24. The molecular formula is C14H20N6O2S. The van der Waals surface area contributed by atoms with Crippen molar-refractivity contribution >= 4 is 16.0 Å². The van der Waals surface area contributed by atoms with Crippen molar-refractivity contribution in [2.45, 2.75) is 37.8 Å². The second-order valence-corrected chi connectivity index (χ2v) is 7.88. The molecule has 9 heteroatoms. The lowest BCUT2D eigenvalue weighted by Gasteiger charge is -2.26. The van der Waals surface area contributed by atoms with Gasteiger partial charge in [0.25, 0.3) is 10.0 Å². The topological polar surface area (TPSA) is 107 Å². The molecule has 0 fully saturated rings. The van der Waals surface area contributed by atoms with E-state index in [1.165, 1.54) is 4.31 Å². The molecule has 1 aliphatic heterocycles. The van der Waals surface area contributed by atoms with E-state index in [9.17, 15) is 8.42 Å². The van der Waals surface area contributed by atoms with Crippen LogP contribution in [0.1, 0.15) is 36.8 Å². The van der Waals surface area contributed by atoms with E-state index < -0.39 is 10.0 Å². The van der Waals surface area contributed by atoms with Crippen molar-refractivity contribution in [3.8, 4) is 0 Å². The predicted octanol–water partition coefficient (Wildman–Crippen LogP) is 0.663. The molecule has 2 N–H and O–H groups in total. The first-order valence-electron chi connectivity index (χ1n) is 7.42. The van der Waals surface area contributed by atoms with Gasteiger partial charge in [0.1, 0.15) is 5.82 Å². The fourth-order valence-corrected chi connectivity index (χ4v) is 4.13. The first-order valence-corrected chi connectivity index (χ1v) is 8.86. The van der Waals surface area contributed by atoms with Crippen molar-refractivity contribution in [2.24, 2.45) is 7.05 Å².